The average molecular weight is 488 g/mol. The van der Waals surface area contributed by atoms with Crippen LogP contribution in [0.3, 0.4) is 0 Å². The smallest absolute Gasteiger partial charge is 0.357 e. The monoisotopic (exact) mass is 487 g/mol. The first-order chi connectivity index (χ1) is 16.7. The summed E-state index contributed by atoms with van der Waals surface area (Å²) in [6.07, 6.45) is 10.2. The van der Waals surface area contributed by atoms with Crippen molar-refractivity contribution in [3.05, 3.63) is 70.1 Å². The molecule has 0 bridgehead atoms. The number of nitrogens with one attached hydrogen (secondary N) is 1. The van der Waals surface area contributed by atoms with Crippen molar-refractivity contribution in [2.45, 2.75) is 25.8 Å². The van der Waals surface area contributed by atoms with Crippen LogP contribution in [0.5, 0.6) is 5.75 Å². The summed E-state index contributed by atoms with van der Waals surface area (Å²) in [4.78, 5) is 21.1. The van der Waals surface area contributed by atoms with E-state index in [-0.39, 0.29) is 17.2 Å². The minimum absolute atomic E-state index is 0.0833. The van der Waals surface area contributed by atoms with Crippen LogP contribution in [-0.2, 0) is 10.5 Å². The second-order valence-corrected chi connectivity index (χ2v) is 9.71. The van der Waals surface area contributed by atoms with Gasteiger partial charge in [0.15, 0.2) is 11.2 Å². The van der Waals surface area contributed by atoms with E-state index in [1.54, 1.807) is 0 Å². The van der Waals surface area contributed by atoms with Crippen LogP contribution in [0.25, 0.3) is 44.0 Å². The minimum Gasteiger partial charge on any atom is -0.357 e. The predicted molar refractivity (Wildman–Crippen MR) is 132 cm³/mol. The molecule has 6 rings (SSSR count). The van der Waals surface area contributed by atoms with E-state index in [0.717, 1.165) is 57.8 Å². The summed E-state index contributed by atoms with van der Waals surface area (Å²) in [7, 11) is -5.18. The summed E-state index contributed by atoms with van der Waals surface area (Å²) in [5.41, 5.74) is 4.98. The minimum atomic E-state index is -5.18. The molecule has 174 valence electrons. The fourth-order valence-corrected chi connectivity index (χ4v) is 5.09. The van der Waals surface area contributed by atoms with Gasteiger partial charge in [0.25, 0.3) is 0 Å². The van der Waals surface area contributed by atoms with Gasteiger partial charge >= 0.3 is 10.5 Å². The Morgan fingerprint density at radius 3 is 2.69 bits per heavy atom. The highest BCUT2D eigenvalue weighted by molar-refractivity contribution is 7.81. The second kappa shape index (κ2) is 7.42. The summed E-state index contributed by atoms with van der Waals surface area (Å²) in [6, 6.07) is 10.9. The zero-order chi connectivity index (χ0) is 24.5. The van der Waals surface area contributed by atoms with Crippen molar-refractivity contribution in [2.24, 2.45) is 0 Å². The molecule has 1 fully saturated rings. The number of benzene rings is 2. The number of nitrogens with zero attached hydrogens (tertiary/aromatic N) is 2. The van der Waals surface area contributed by atoms with E-state index < -0.39 is 10.5 Å². The lowest BCUT2D eigenvalue weighted by Crippen LogP contribution is -2.11. The Kier molecular flexibility index (Phi) is 4.53. The lowest BCUT2D eigenvalue weighted by Gasteiger charge is -2.15. The van der Waals surface area contributed by atoms with Gasteiger partial charge in [0.05, 0.1) is 17.1 Å². The van der Waals surface area contributed by atoms with Gasteiger partial charge in [-0.3, -0.25) is 9.78 Å². The van der Waals surface area contributed by atoms with Crippen LogP contribution in [0.15, 0.2) is 53.6 Å². The first-order valence-electron chi connectivity index (χ1n) is 10.9. The van der Waals surface area contributed by atoms with E-state index in [9.17, 15) is 17.1 Å². The molecule has 1 aliphatic carbocycles. The number of pyridine rings is 2. The Balaban J connectivity index is 1.66. The number of aromatic nitrogens is 3. The van der Waals surface area contributed by atoms with Crippen molar-refractivity contribution in [1.82, 2.24) is 14.5 Å². The molecule has 35 heavy (non-hydrogen) atoms. The number of aryl methyl sites for hydroxylation is 1. The normalized spacial score (nSPS) is 14.0. The third-order valence-electron chi connectivity index (χ3n) is 6.39. The van der Waals surface area contributed by atoms with Crippen molar-refractivity contribution >= 4 is 43.3 Å². The summed E-state index contributed by atoms with van der Waals surface area (Å²) < 4.78 is 41.4. The number of aromatic amines is 1. The molecule has 1 N–H and O–H groups in total. The first-order valence-corrected chi connectivity index (χ1v) is 12.2. The predicted octanol–water partition coefficient (Wildman–Crippen LogP) is 4.92. The third-order valence-corrected chi connectivity index (χ3v) is 6.78. The van der Waals surface area contributed by atoms with E-state index in [1.165, 1.54) is 12.3 Å². The summed E-state index contributed by atoms with van der Waals surface area (Å²) >= 11 is 0. The Labute approximate surface area is 199 Å². The van der Waals surface area contributed by atoms with E-state index in [2.05, 4.69) is 24.6 Å². The maximum atomic E-state index is 13.7. The van der Waals surface area contributed by atoms with Crippen LogP contribution < -0.4 is 9.61 Å². The molecule has 3 aromatic heterocycles. The highest BCUT2D eigenvalue weighted by atomic mass is 32.3. The van der Waals surface area contributed by atoms with Gasteiger partial charge in [0.2, 0.25) is 0 Å². The highest BCUT2D eigenvalue weighted by Gasteiger charge is 2.29. The number of halogens is 1. The van der Waals surface area contributed by atoms with Gasteiger partial charge in [-0.1, -0.05) is 15.9 Å². The van der Waals surface area contributed by atoms with Crippen LogP contribution in [0.1, 0.15) is 30.0 Å². The fraction of sp³-hybridized carbons (Fsp3) is 0.154. The molecule has 0 radical (unpaired) electrons. The number of rotatable bonds is 4. The summed E-state index contributed by atoms with van der Waals surface area (Å²) in [5.74, 6) is 2.39. The van der Waals surface area contributed by atoms with Gasteiger partial charge in [0, 0.05) is 39.7 Å². The Morgan fingerprint density at radius 2 is 1.97 bits per heavy atom. The zero-order valence-electron chi connectivity index (χ0n) is 18.5. The van der Waals surface area contributed by atoms with Crippen molar-refractivity contribution in [3.8, 4) is 29.2 Å². The molecule has 9 heteroatoms. The second-order valence-electron chi connectivity index (χ2n) is 8.75. The molecule has 2 aromatic carbocycles. The molecule has 0 saturated heterocycles. The van der Waals surface area contributed by atoms with E-state index >= 15 is 0 Å². The van der Waals surface area contributed by atoms with Crippen LogP contribution in [-0.4, -0.2) is 23.0 Å². The fourth-order valence-electron chi connectivity index (χ4n) is 4.77. The average Bonchev–Trinajstić information content (AvgIpc) is 3.57. The number of hydrogen-bond donors (Lipinski definition) is 1. The van der Waals surface area contributed by atoms with Crippen molar-refractivity contribution in [1.29, 1.82) is 0 Å². The number of hydrogen-bond acceptors (Lipinski definition) is 5. The SMILES string of the molecule is C#Cc1ccc2c(c1)[nH]c1c2c(=O)c2cc(C)c(-c3cncc(OS(=O)(=O)F)c3)cc2n1C1CC1. The van der Waals surface area contributed by atoms with Crippen LogP contribution >= 0.6 is 0 Å². The van der Waals surface area contributed by atoms with Crippen molar-refractivity contribution in [2.75, 3.05) is 0 Å². The number of H-pyrrole nitrogens is 1. The Morgan fingerprint density at radius 1 is 1.17 bits per heavy atom. The zero-order valence-corrected chi connectivity index (χ0v) is 19.3. The number of fused-ring (bicyclic) bond motifs is 4. The largest absolute Gasteiger partial charge is 0.488 e. The molecular formula is C26H18FN3O4S. The van der Waals surface area contributed by atoms with Gasteiger partial charge in [-0.15, -0.1) is 6.42 Å². The molecule has 0 spiro atoms. The van der Waals surface area contributed by atoms with Crippen molar-refractivity contribution in [3.63, 3.8) is 0 Å². The Bertz CT molecular complexity index is 1910. The van der Waals surface area contributed by atoms with Crippen LogP contribution in [0, 0.1) is 19.3 Å². The Hall–Kier alpha value is -4.16. The third kappa shape index (κ3) is 3.54. The maximum Gasteiger partial charge on any atom is 0.488 e. The molecule has 1 saturated carbocycles. The maximum absolute atomic E-state index is 13.7. The number of terminal acetylenes is 1. The van der Waals surface area contributed by atoms with Gasteiger partial charge in [0.1, 0.15) is 5.65 Å². The molecule has 7 nitrogen and oxygen atoms in total. The van der Waals surface area contributed by atoms with Crippen molar-refractivity contribution < 1.29 is 16.5 Å². The van der Waals surface area contributed by atoms with Gasteiger partial charge in [-0.2, -0.15) is 8.42 Å². The van der Waals surface area contributed by atoms with E-state index in [1.807, 2.05) is 37.3 Å². The topological polar surface area (TPSA) is 94.1 Å². The molecule has 3 heterocycles. The quantitative estimate of drug-likeness (QED) is 0.287. The lowest BCUT2D eigenvalue weighted by molar-refractivity contribution is 0.439. The summed E-state index contributed by atoms with van der Waals surface area (Å²) in [6.45, 7) is 1.85. The molecule has 0 atom stereocenters. The molecule has 1 aliphatic rings. The molecule has 5 aromatic rings. The van der Waals surface area contributed by atoms with E-state index in [0.29, 0.717) is 16.3 Å². The molecule has 0 aliphatic heterocycles. The van der Waals surface area contributed by atoms with Crippen LogP contribution in [0.4, 0.5) is 3.89 Å². The summed E-state index contributed by atoms with van der Waals surface area (Å²) in [5, 5.41) is 2.03. The molecular weight excluding hydrogens is 469 g/mol. The van der Waals surface area contributed by atoms with Gasteiger partial charge in [-0.25, -0.2) is 0 Å². The van der Waals surface area contributed by atoms with E-state index in [4.69, 9.17) is 6.42 Å². The standard InChI is InChI=1S/C26H18FN3O4S/c1-3-15-4-7-19-22(9-15)29-26-24(19)25(31)21-8-14(2)20(11-23(21)30(26)17-5-6-17)16-10-18(13-28-12-16)34-35(27,32)33/h1,4,7-13,17,29H,5-6H2,2H3. The lowest BCUT2D eigenvalue weighted by atomic mass is 9.98. The van der Waals surface area contributed by atoms with Crippen LogP contribution in [0.2, 0.25) is 0 Å². The van der Waals surface area contributed by atoms with Gasteiger partial charge < -0.3 is 13.7 Å². The first kappa shape index (κ1) is 21.4. The molecule has 0 amide bonds. The highest BCUT2D eigenvalue weighted by Crippen LogP contribution is 2.41. The van der Waals surface area contributed by atoms with Gasteiger partial charge in [-0.05, 0) is 61.2 Å². The molecule has 0 unspecified atom stereocenters.